The lowest BCUT2D eigenvalue weighted by Gasteiger charge is -2.47. The SMILES string of the molecule is COC[C@H]1[C@@H](NC(=O)Cc2cccc(O)c2)[C@@H]2CCO[C@@H]21. The van der Waals surface area contributed by atoms with Crippen molar-refractivity contribution < 1.29 is 19.4 Å². The molecule has 1 heterocycles. The van der Waals surface area contributed by atoms with E-state index < -0.39 is 0 Å². The average Bonchev–Trinajstić information content (AvgIpc) is 2.87. The predicted molar refractivity (Wildman–Crippen MR) is 77.0 cm³/mol. The van der Waals surface area contributed by atoms with E-state index >= 15 is 0 Å². The normalized spacial score (nSPS) is 30.5. The highest BCUT2D eigenvalue weighted by Crippen LogP contribution is 2.43. The summed E-state index contributed by atoms with van der Waals surface area (Å²) in [5, 5.41) is 12.5. The summed E-state index contributed by atoms with van der Waals surface area (Å²) in [5.74, 6) is 0.830. The molecule has 0 radical (unpaired) electrons. The Hall–Kier alpha value is -1.59. The van der Waals surface area contributed by atoms with Gasteiger partial charge in [-0.2, -0.15) is 0 Å². The first-order valence-electron chi connectivity index (χ1n) is 7.37. The summed E-state index contributed by atoms with van der Waals surface area (Å²) in [6.07, 6.45) is 1.51. The molecule has 2 aliphatic rings. The molecule has 114 valence electrons. The number of amides is 1. The number of ether oxygens (including phenoxy) is 2. The number of phenols is 1. The highest BCUT2D eigenvalue weighted by atomic mass is 16.5. The molecule has 2 fully saturated rings. The van der Waals surface area contributed by atoms with Crippen molar-refractivity contribution in [1.29, 1.82) is 0 Å². The van der Waals surface area contributed by atoms with Gasteiger partial charge >= 0.3 is 0 Å². The number of nitrogens with one attached hydrogen (secondary N) is 1. The average molecular weight is 291 g/mol. The summed E-state index contributed by atoms with van der Waals surface area (Å²) < 4.78 is 10.9. The van der Waals surface area contributed by atoms with Crippen LogP contribution in [0.15, 0.2) is 24.3 Å². The number of fused-ring (bicyclic) bond motifs is 1. The molecular weight excluding hydrogens is 270 g/mol. The first-order chi connectivity index (χ1) is 10.2. The molecule has 1 aromatic rings. The molecule has 5 nitrogen and oxygen atoms in total. The van der Waals surface area contributed by atoms with Crippen molar-refractivity contribution in [3.63, 3.8) is 0 Å². The van der Waals surface area contributed by atoms with Crippen LogP contribution in [0.4, 0.5) is 0 Å². The summed E-state index contributed by atoms with van der Waals surface area (Å²) in [5.41, 5.74) is 0.814. The van der Waals surface area contributed by atoms with Crippen LogP contribution in [0.5, 0.6) is 5.75 Å². The highest BCUT2D eigenvalue weighted by molar-refractivity contribution is 5.79. The second-order valence-corrected chi connectivity index (χ2v) is 5.85. The maximum Gasteiger partial charge on any atom is 0.224 e. The molecule has 1 aromatic carbocycles. The molecular formula is C16H21NO4. The van der Waals surface area contributed by atoms with Crippen molar-refractivity contribution in [2.75, 3.05) is 20.3 Å². The standard InChI is InChI=1S/C16H21NO4/c1-20-9-13-15(12-5-6-21-16(12)13)17-14(19)8-10-3-2-4-11(18)7-10/h2-4,7,12-13,15-16,18H,5-6,8-9H2,1H3,(H,17,19)/t12-,13-,15-,16-/m0/s1. The molecule has 3 rings (SSSR count). The van der Waals surface area contributed by atoms with Crippen LogP contribution in [0.3, 0.4) is 0 Å². The number of hydrogen-bond donors (Lipinski definition) is 2. The van der Waals surface area contributed by atoms with Crippen LogP contribution in [0.1, 0.15) is 12.0 Å². The topological polar surface area (TPSA) is 67.8 Å². The first kappa shape index (κ1) is 14.4. The molecule has 4 atom stereocenters. The fourth-order valence-electron chi connectivity index (χ4n) is 3.52. The van der Waals surface area contributed by atoms with Crippen LogP contribution in [-0.2, 0) is 20.7 Å². The Labute approximate surface area is 124 Å². The van der Waals surface area contributed by atoms with Crippen molar-refractivity contribution in [3.05, 3.63) is 29.8 Å². The summed E-state index contributed by atoms with van der Waals surface area (Å²) in [6, 6.07) is 6.95. The minimum atomic E-state index is -0.0166. The predicted octanol–water partition coefficient (Wildman–Crippen LogP) is 1.10. The largest absolute Gasteiger partial charge is 0.508 e. The van der Waals surface area contributed by atoms with Crippen molar-refractivity contribution in [2.24, 2.45) is 11.8 Å². The second kappa shape index (κ2) is 6.03. The Morgan fingerprint density at radius 2 is 2.38 bits per heavy atom. The first-order valence-corrected chi connectivity index (χ1v) is 7.37. The second-order valence-electron chi connectivity index (χ2n) is 5.85. The lowest BCUT2D eigenvalue weighted by molar-refractivity contribution is -0.129. The Morgan fingerprint density at radius 3 is 3.14 bits per heavy atom. The van der Waals surface area contributed by atoms with Crippen molar-refractivity contribution in [2.45, 2.75) is 25.0 Å². The molecule has 1 saturated heterocycles. The van der Waals surface area contributed by atoms with Gasteiger partial charge in [0.05, 0.1) is 19.1 Å². The molecule has 1 saturated carbocycles. The van der Waals surface area contributed by atoms with Gasteiger partial charge in [0.15, 0.2) is 0 Å². The third kappa shape index (κ3) is 2.89. The van der Waals surface area contributed by atoms with Gasteiger partial charge < -0.3 is 19.9 Å². The number of phenolic OH excluding ortho intramolecular Hbond substituents is 1. The van der Waals surface area contributed by atoms with Crippen LogP contribution >= 0.6 is 0 Å². The molecule has 1 aliphatic carbocycles. The molecule has 0 aromatic heterocycles. The number of benzene rings is 1. The Morgan fingerprint density at radius 1 is 1.52 bits per heavy atom. The lowest BCUT2D eigenvalue weighted by Crippen LogP contribution is -2.62. The zero-order chi connectivity index (χ0) is 14.8. The van der Waals surface area contributed by atoms with E-state index in [2.05, 4.69) is 5.32 Å². The van der Waals surface area contributed by atoms with E-state index in [4.69, 9.17) is 9.47 Å². The van der Waals surface area contributed by atoms with E-state index in [1.165, 1.54) is 0 Å². The summed E-state index contributed by atoms with van der Waals surface area (Å²) in [6.45, 7) is 1.38. The number of carbonyl (C=O) groups is 1. The minimum Gasteiger partial charge on any atom is -0.508 e. The minimum absolute atomic E-state index is 0.0166. The highest BCUT2D eigenvalue weighted by Gasteiger charge is 2.54. The van der Waals surface area contributed by atoms with Gasteiger partial charge in [0.25, 0.3) is 0 Å². The van der Waals surface area contributed by atoms with E-state index in [0.717, 1.165) is 18.6 Å². The number of carbonyl (C=O) groups excluding carboxylic acids is 1. The van der Waals surface area contributed by atoms with Gasteiger partial charge in [-0.25, -0.2) is 0 Å². The molecule has 2 N–H and O–H groups in total. The van der Waals surface area contributed by atoms with Gasteiger partial charge in [0.1, 0.15) is 5.75 Å². The fraction of sp³-hybridized carbons (Fsp3) is 0.562. The third-order valence-electron chi connectivity index (χ3n) is 4.49. The smallest absolute Gasteiger partial charge is 0.224 e. The summed E-state index contributed by atoms with van der Waals surface area (Å²) >= 11 is 0. The molecule has 21 heavy (non-hydrogen) atoms. The molecule has 0 bridgehead atoms. The van der Waals surface area contributed by atoms with E-state index in [9.17, 15) is 9.90 Å². The number of hydrogen-bond acceptors (Lipinski definition) is 4. The Kier molecular flexibility index (Phi) is 4.12. The molecule has 5 heteroatoms. The Balaban J connectivity index is 1.59. The summed E-state index contributed by atoms with van der Waals surface area (Å²) in [7, 11) is 1.67. The number of aromatic hydroxyl groups is 1. The van der Waals surface area contributed by atoms with Gasteiger partial charge in [0.2, 0.25) is 5.91 Å². The van der Waals surface area contributed by atoms with Crippen molar-refractivity contribution >= 4 is 5.91 Å². The quantitative estimate of drug-likeness (QED) is 0.852. The molecule has 0 unspecified atom stereocenters. The third-order valence-corrected chi connectivity index (χ3v) is 4.49. The van der Waals surface area contributed by atoms with E-state index in [-0.39, 0.29) is 36.1 Å². The summed E-state index contributed by atoms with van der Waals surface area (Å²) in [4.78, 5) is 12.2. The zero-order valence-corrected chi connectivity index (χ0v) is 12.1. The Bertz CT molecular complexity index is 519. The zero-order valence-electron chi connectivity index (χ0n) is 12.1. The van der Waals surface area contributed by atoms with Crippen LogP contribution in [0, 0.1) is 11.8 Å². The number of methoxy groups -OCH3 is 1. The van der Waals surface area contributed by atoms with Crippen molar-refractivity contribution in [3.8, 4) is 5.75 Å². The van der Waals surface area contributed by atoms with Gasteiger partial charge in [-0.15, -0.1) is 0 Å². The van der Waals surface area contributed by atoms with Gasteiger partial charge in [-0.05, 0) is 24.1 Å². The maximum absolute atomic E-state index is 12.2. The van der Waals surface area contributed by atoms with Crippen LogP contribution < -0.4 is 5.32 Å². The van der Waals surface area contributed by atoms with Crippen LogP contribution in [0.25, 0.3) is 0 Å². The van der Waals surface area contributed by atoms with Crippen LogP contribution in [-0.4, -0.2) is 43.5 Å². The molecule has 0 spiro atoms. The van der Waals surface area contributed by atoms with E-state index in [1.807, 2.05) is 6.07 Å². The fourth-order valence-corrected chi connectivity index (χ4v) is 3.52. The van der Waals surface area contributed by atoms with Crippen LogP contribution in [0.2, 0.25) is 0 Å². The lowest BCUT2D eigenvalue weighted by atomic mass is 9.67. The number of rotatable bonds is 5. The molecule has 1 aliphatic heterocycles. The van der Waals surface area contributed by atoms with Gasteiger partial charge in [-0.3, -0.25) is 4.79 Å². The maximum atomic E-state index is 12.2. The van der Waals surface area contributed by atoms with E-state index in [0.29, 0.717) is 12.5 Å². The monoisotopic (exact) mass is 291 g/mol. The van der Waals surface area contributed by atoms with Gasteiger partial charge in [0, 0.05) is 31.6 Å². The van der Waals surface area contributed by atoms with E-state index in [1.54, 1.807) is 25.3 Å². The van der Waals surface area contributed by atoms with Crippen molar-refractivity contribution in [1.82, 2.24) is 5.32 Å². The molecule has 1 amide bonds. The van der Waals surface area contributed by atoms with Gasteiger partial charge in [-0.1, -0.05) is 12.1 Å².